The fourth-order valence-electron chi connectivity index (χ4n) is 2.86. The van der Waals surface area contributed by atoms with E-state index in [-0.39, 0.29) is 6.04 Å². The number of hydrogen-bond acceptors (Lipinski definition) is 3. The Bertz CT molecular complexity index is 570. The van der Waals surface area contributed by atoms with E-state index in [0.29, 0.717) is 5.92 Å². The summed E-state index contributed by atoms with van der Waals surface area (Å²) in [5.74, 6) is 1.75. The zero-order valence-electron chi connectivity index (χ0n) is 12.2. The molecule has 0 aliphatic carbocycles. The van der Waals surface area contributed by atoms with Crippen LogP contribution in [0, 0.1) is 5.92 Å². The molecule has 2 atom stereocenters. The molecule has 2 nitrogen and oxygen atoms in total. The Morgan fingerprint density at radius 1 is 1.05 bits per heavy atom. The average Bonchev–Trinajstić information content (AvgIpc) is 2.59. The summed E-state index contributed by atoms with van der Waals surface area (Å²) < 4.78 is 0. The molecule has 0 bridgehead atoms. The van der Waals surface area contributed by atoms with Gasteiger partial charge in [0.05, 0.1) is 0 Å². The van der Waals surface area contributed by atoms with Crippen molar-refractivity contribution in [1.29, 1.82) is 0 Å². The highest BCUT2D eigenvalue weighted by Gasteiger charge is 2.18. The molecular weight excluding hydrogens is 276 g/mol. The largest absolute Gasteiger partial charge is 0.383 e. The lowest BCUT2D eigenvalue weighted by atomic mass is 9.94. The van der Waals surface area contributed by atoms with E-state index < -0.39 is 0 Å². The molecule has 0 saturated carbocycles. The highest BCUT2D eigenvalue weighted by atomic mass is 32.2. The summed E-state index contributed by atoms with van der Waals surface area (Å²) in [5.41, 5.74) is 8.94. The van der Waals surface area contributed by atoms with Gasteiger partial charge in [-0.05, 0) is 36.5 Å². The smallest absolute Gasteiger partial charge is 0.0478 e. The van der Waals surface area contributed by atoms with Gasteiger partial charge in [0.15, 0.2) is 0 Å². The molecule has 0 spiro atoms. The maximum absolute atomic E-state index is 6.30. The predicted molar refractivity (Wildman–Crippen MR) is 91.9 cm³/mol. The van der Waals surface area contributed by atoms with Crippen LogP contribution in [0.3, 0.4) is 0 Å². The van der Waals surface area contributed by atoms with Gasteiger partial charge in [0, 0.05) is 28.9 Å². The number of hydrogen-bond donors (Lipinski definition) is 2. The Hall–Kier alpha value is -1.45. The number of para-hydroxylation sites is 1. The van der Waals surface area contributed by atoms with Crippen LogP contribution in [0.2, 0.25) is 0 Å². The van der Waals surface area contributed by atoms with Gasteiger partial charge in [0.1, 0.15) is 0 Å². The minimum absolute atomic E-state index is 0.213. The molecule has 1 heterocycles. The van der Waals surface area contributed by atoms with Crippen LogP contribution in [0.4, 0.5) is 5.69 Å². The molecule has 2 aromatic carbocycles. The summed E-state index contributed by atoms with van der Waals surface area (Å²) in [4.78, 5) is 1.34. The van der Waals surface area contributed by atoms with Gasteiger partial charge in [-0.25, -0.2) is 0 Å². The van der Waals surface area contributed by atoms with Crippen LogP contribution in [-0.2, 0) is 6.42 Å². The fourth-order valence-corrected chi connectivity index (χ4v) is 4.00. The highest BCUT2D eigenvalue weighted by Crippen LogP contribution is 2.32. The van der Waals surface area contributed by atoms with Crippen LogP contribution >= 0.6 is 11.8 Å². The van der Waals surface area contributed by atoms with Crippen molar-refractivity contribution >= 4 is 17.4 Å². The van der Waals surface area contributed by atoms with Crippen molar-refractivity contribution in [3.05, 3.63) is 60.2 Å². The van der Waals surface area contributed by atoms with E-state index >= 15 is 0 Å². The van der Waals surface area contributed by atoms with E-state index in [1.165, 1.54) is 16.1 Å². The summed E-state index contributed by atoms with van der Waals surface area (Å²) in [5, 5.41) is 3.49. The molecule has 3 heteroatoms. The zero-order chi connectivity index (χ0) is 14.5. The third kappa shape index (κ3) is 4.02. The van der Waals surface area contributed by atoms with Crippen LogP contribution in [0.1, 0.15) is 12.0 Å². The number of fused-ring (bicyclic) bond motifs is 1. The second-order valence-electron chi connectivity index (χ2n) is 5.74. The molecule has 0 radical (unpaired) electrons. The van der Waals surface area contributed by atoms with Crippen molar-refractivity contribution < 1.29 is 0 Å². The molecule has 3 rings (SSSR count). The Morgan fingerprint density at radius 2 is 1.81 bits per heavy atom. The summed E-state index contributed by atoms with van der Waals surface area (Å²) in [6, 6.07) is 19.5. The minimum Gasteiger partial charge on any atom is -0.383 e. The molecule has 1 aliphatic rings. The summed E-state index contributed by atoms with van der Waals surface area (Å²) in [7, 11) is 0. The predicted octanol–water partition coefficient (Wildman–Crippen LogP) is 3.78. The highest BCUT2D eigenvalue weighted by molar-refractivity contribution is 7.99. The minimum atomic E-state index is 0.213. The van der Waals surface area contributed by atoms with Crippen LogP contribution < -0.4 is 11.1 Å². The average molecular weight is 298 g/mol. The Balaban J connectivity index is 1.74. The quantitative estimate of drug-likeness (QED) is 0.886. The lowest BCUT2D eigenvalue weighted by Gasteiger charge is -2.19. The SMILES string of the molecule is NC1CNc2ccccc2SCC(Cc2ccccc2)C1. The van der Waals surface area contributed by atoms with Gasteiger partial charge >= 0.3 is 0 Å². The standard InChI is InChI=1S/C18H22N2S/c19-16-11-15(10-14-6-2-1-3-7-14)13-21-18-9-5-4-8-17(18)20-12-16/h1-9,15-16,20H,10-13,19H2. The van der Waals surface area contributed by atoms with Gasteiger partial charge in [-0.2, -0.15) is 0 Å². The van der Waals surface area contributed by atoms with Gasteiger partial charge < -0.3 is 11.1 Å². The van der Waals surface area contributed by atoms with E-state index in [0.717, 1.165) is 25.1 Å². The third-order valence-corrected chi connectivity index (χ3v) is 5.22. The second-order valence-corrected chi connectivity index (χ2v) is 6.80. The molecular formula is C18H22N2S. The molecule has 1 aliphatic heterocycles. The van der Waals surface area contributed by atoms with E-state index in [1.54, 1.807) is 0 Å². The van der Waals surface area contributed by atoms with Crippen LogP contribution in [0.15, 0.2) is 59.5 Å². The molecule has 2 aromatic rings. The monoisotopic (exact) mass is 298 g/mol. The van der Waals surface area contributed by atoms with Crippen molar-refractivity contribution in [3.63, 3.8) is 0 Å². The first kappa shape index (κ1) is 14.5. The normalized spacial score (nSPS) is 22.3. The first-order valence-electron chi connectivity index (χ1n) is 7.56. The lowest BCUT2D eigenvalue weighted by Crippen LogP contribution is -2.32. The van der Waals surface area contributed by atoms with Gasteiger partial charge in [-0.15, -0.1) is 11.8 Å². The number of thioether (sulfide) groups is 1. The van der Waals surface area contributed by atoms with Gasteiger partial charge in [-0.1, -0.05) is 42.5 Å². The zero-order valence-corrected chi connectivity index (χ0v) is 13.0. The number of nitrogens with two attached hydrogens (primary N) is 1. The molecule has 3 N–H and O–H groups in total. The summed E-state index contributed by atoms with van der Waals surface area (Å²) in [6.45, 7) is 0.850. The number of rotatable bonds is 2. The summed E-state index contributed by atoms with van der Waals surface area (Å²) >= 11 is 1.95. The third-order valence-electron chi connectivity index (χ3n) is 3.92. The Morgan fingerprint density at radius 3 is 2.67 bits per heavy atom. The fraction of sp³-hybridized carbons (Fsp3) is 0.333. The first-order valence-corrected chi connectivity index (χ1v) is 8.55. The van der Waals surface area contributed by atoms with E-state index in [1.807, 2.05) is 11.8 Å². The van der Waals surface area contributed by atoms with Crippen LogP contribution in [0.25, 0.3) is 0 Å². The molecule has 0 aromatic heterocycles. The van der Waals surface area contributed by atoms with E-state index in [2.05, 4.69) is 59.9 Å². The van der Waals surface area contributed by atoms with E-state index in [9.17, 15) is 0 Å². The number of nitrogens with one attached hydrogen (secondary N) is 1. The van der Waals surface area contributed by atoms with Crippen LogP contribution in [0.5, 0.6) is 0 Å². The molecule has 0 saturated heterocycles. The first-order chi connectivity index (χ1) is 10.3. The molecule has 2 unspecified atom stereocenters. The van der Waals surface area contributed by atoms with Gasteiger partial charge in [0.25, 0.3) is 0 Å². The Labute approximate surface area is 131 Å². The van der Waals surface area contributed by atoms with Gasteiger partial charge in [-0.3, -0.25) is 0 Å². The van der Waals surface area contributed by atoms with Gasteiger partial charge in [0.2, 0.25) is 0 Å². The van der Waals surface area contributed by atoms with E-state index in [4.69, 9.17) is 5.73 Å². The van der Waals surface area contributed by atoms with Crippen LogP contribution in [-0.4, -0.2) is 18.3 Å². The lowest BCUT2D eigenvalue weighted by molar-refractivity contribution is 0.479. The molecule has 0 amide bonds. The van der Waals surface area contributed by atoms with Crippen molar-refractivity contribution in [1.82, 2.24) is 0 Å². The second kappa shape index (κ2) is 7.01. The Kier molecular flexibility index (Phi) is 4.84. The van der Waals surface area contributed by atoms with Crippen molar-refractivity contribution in [2.75, 3.05) is 17.6 Å². The number of benzene rings is 2. The van der Waals surface area contributed by atoms with Crippen molar-refractivity contribution in [3.8, 4) is 0 Å². The molecule has 0 fully saturated rings. The number of anilines is 1. The maximum Gasteiger partial charge on any atom is 0.0478 e. The topological polar surface area (TPSA) is 38.0 Å². The van der Waals surface area contributed by atoms with Crippen molar-refractivity contribution in [2.24, 2.45) is 11.7 Å². The van der Waals surface area contributed by atoms with Crippen molar-refractivity contribution in [2.45, 2.75) is 23.8 Å². The maximum atomic E-state index is 6.30. The summed E-state index contributed by atoms with van der Waals surface area (Å²) in [6.07, 6.45) is 2.19. The molecule has 110 valence electrons. The molecule has 21 heavy (non-hydrogen) atoms.